The molecule has 0 radical (unpaired) electrons. The highest BCUT2D eigenvalue weighted by Crippen LogP contribution is 2.37. The topological polar surface area (TPSA) is 131 Å². The molecule has 150 valence electrons. The fourth-order valence-electron chi connectivity index (χ4n) is 2.84. The van der Waals surface area contributed by atoms with E-state index >= 15 is 0 Å². The van der Waals surface area contributed by atoms with Crippen molar-refractivity contribution in [2.24, 2.45) is 0 Å². The van der Waals surface area contributed by atoms with Crippen molar-refractivity contribution in [1.29, 1.82) is 0 Å². The van der Waals surface area contributed by atoms with Crippen molar-refractivity contribution in [2.45, 2.75) is 4.90 Å². The lowest BCUT2D eigenvalue weighted by Crippen LogP contribution is -2.14. The Hall–Kier alpha value is -3.73. The summed E-state index contributed by atoms with van der Waals surface area (Å²) >= 11 is 0. The standard InChI is InChI=1S/C18H17N5O5S/c1-26-12-5-3-4-6-15(12)29(24,25)23-18-17-13(27-2)9-11(10-14(17)28-22-18)20-16-7-8-19-21-16/h3-10H,1-2H3,(H,22,23)(H2,19,20,21). The van der Waals surface area contributed by atoms with Crippen molar-refractivity contribution in [1.82, 2.24) is 15.4 Å². The second kappa shape index (κ2) is 7.36. The van der Waals surface area contributed by atoms with Gasteiger partial charge in [-0.1, -0.05) is 17.3 Å². The summed E-state index contributed by atoms with van der Waals surface area (Å²) in [6.45, 7) is 0. The summed E-state index contributed by atoms with van der Waals surface area (Å²) < 4.78 is 44.1. The number of ether oxygens (including phenoxy) is 2. The number of hydrogen-bond acceptors (Lipinski definition) is 8. The third kappa shape index (κ3) is 3.55. The molecule has 0 saturated carbocycles. The third-order valence-corrected chi connectivity index (χ3v) is 5.51. The van der Waals surface area contributed by atoms with Crippen molar-refractivity contribution in [2.75, 3.05) is 24.3 Å². The van der Waals surface area contributed by atoms with Crippen molar-refractivity contribution in [3.05, 3.63) is 48.7 Å². The number of sulfonamides is 1. The van der Waals surface area contributed by atoms with Crippen LogP contribution in [0.1, 0.15) is 0 Å². The highest BCUT2D eigenvalue weighted by atomic mass is 32.2. The minimum Gasteiger partial charge on any atom is -0.496 e. The van der Waals surface area contributed by atoms with Crippen molar-refractivity contribution in [3.63, 3.8) is 0 Å². The van der Waals surface area contributed by atoms with Gasteiger partial charge in [-0.3, -0.25) is 9.82 Å². The quantitative estimate of drug-likeness (QED) is 0.420. The third-order valence-electron chi connectivity index (χ3n) is 4.13. The molecule has 2 aromatic heterocycles. The van der Waals surface area contributed by atoms with E-state index in [4.69, 9.17) is 14.0 Å². The number of nitrogens with zero attached hydrogens (tertiary/aromatic N) is 2. The van der Waals surface area contributed by atoms with E-state index in [2.05, 4.69) is 25.4 Å². The Morgan fingerprint density at radius 1 is 1.07 bits per heavy atom. The summed E-state index contributed by atoms with van der Waals surface area (Å²) in [5, 5.41) is 14.0. The van der Waals surface area contributed by atoms with E-state index in [1.807, 2.05) is 0 Å². The van der Waals surface area contributed by atoms with Crippen LogP contribution in [0.2, 0.25) is 0 Å². The minimum absolute atomic E-state index is 0.0100. The average molecular weight is 415 g/mol. The van der Waals surface area contributed by atoms with Gasteiger partial charge >= 0.3 is 0 Å². The van der Waals surface area contributed by atoms with Crippen LogP contribution in [0.4, 0.5) is 17.3 Å². The van der Waals surface area contributed by atoms with Crippen LogP contribution in [0, 0.1) is 0 Å². The number of fused-ring (bicyclic) bond motifs is 1. The summed E-state index contributed by atoms with van der Waals surface area (Å²) in [6.07, 6.45) is 1.61. The molecule has 0 fully saturated rings. The van der Waals surface area contributed by atoms with Crippen LogP contribution in [-0.2, 0) is 10.0 Å². The zero-order valence-corrected chi connectivity index (χ0v) is 16.3. The highest BCUT2D eigenvalue weighted by molar-refractivity contribution is 7.92. The van der Waals surface area contributed by atoms with Gasteiger partial charge in [-0.05, 0) is 12.1 Å². The summed E-state index contributed by atoms with van der Waals surface area (Å²) in [7, 11) is -1.10. The first-order chi connectivity index (χ1) is 14.0. The van der Waals surface area contributed by atoms with Crippen LogP contribution in [0.5, 0.6) is 11.5 Å². The number of benzene rings is 2. The largest absolute Gasteiger partial charge is 0.496 e. The summed E-state index contributed by atoms with van der Waals surface area (Å²) in [5.41, 5.74) is 0.984. The predicted octanol–water partition coefficient (Wildman–Crippen LogP) is 3.11. The lowest BCUT2D eigenvalue weighted by atomic mass is 10.2. The van der Waals surface area contributed by atoms with Gasteiger partial charge in [0.15, 0.2) is 11.4 Å². The highest BCUT2D eigenvalue weighted by Gasteiger charge is 2.24. The SMILES string of the molecule is COc1ccccc1S(=O)(=O)Nc1noc2cc(Nc3ccn[nH]3)cc(OC)c12. The fraction of sp³-hybridized carbons (Fsp3) is 0.111. The molecular formula is C18H17N5O5S. The van der Waals surface area contributed by atoms with Crippen molar-refractivity contribution < 1.29 is 22.4 Å². The second-order valence-corrected chi connectivity index (χ2v) is 7.59. The summed E-state index contributed by atoms with van der Waals surface area (Å²) in [4.78, 5) is -0.0184. The van der Waals surface area contributed by atoms with Crippen molar-refractivity contribution >= 4 is 38.3 Å². The van der Waals surface area contributed by atoms with Gasteiger partial charge in [0.05, 0.1) is 20.4 Å². The molecule has 11 heteroatoms. The maximum atomic E-state index is 12.9. The Labute approximate surface area is 165 Å². The zero-order valence-electron chi connectivity index (χ0n) is 15.5. The van der Waals surface area contributed by atoms with Crippen LogP contribution >= 0.6 is 0 Å². The Morgan fingerprint density at radius 3 is 2.59 bits per heavy atom. The van der Waals surface area contributed by atoms with Crippen LogP contribution < -0.4 is 19.5 Å². The number of rotatable bonds is 7. The molecule has 3 N–H and O–H groups in total. The van der Waals surface area contributed by atoms with Gasteiger partial charge in [0.2, 0.25) is 0 Å². The Kier molecular flexibility index (Phi) is 4.72. The normalized spacial score (nSPS) is 11.4. The predicted molar refractivity (Wildman–Crippen MR) is 106 cm³/mol. The summed E-state index contributed by atoms with van der Waals surface area (Å²) in [6, 6.07) is 11.4. The number of H-pyrrole nitrogens is 1. The van der Waals surface area contributed by atoms with E-state index in [1.165, 1.54) is 20.3 Å². The first kappa shape index (κ1) is 18.6. The molecule has 0 unspecified atom stereocenters. The molecule has 0 bridgehead atoms. The van der Waals surface area contributed by atoms with Crippen LogP contribution in [0.25, 0.3) is 11.0 Å². The summed E-state index contributed by atoms with van der Waals surface area (Å²) in [5.74, 6) is 1.27. The molecule has 0 atom stereocenters. The maximum absolute atomic E-state index is 12.9. The van der Waals surface area contributed by atoms with E-state index in [0.29, 0.717) is 28.2 Å². The molecule has 0 saturated heterocycles. The number of aromatic nitrogens is 3. The first-order valence-electron chi connectivity index (χ1n) is 8.41. The van der Waals surface area contributed by atoms with Crippen LogP contribution in [0.3, 0.4) is 0 Å². The number of hydrogen-bond donors (Lipinski definition) is 3. The molecule has 4 aromatic rings. The number of aromatic amines is 1. The molecular weight excluding hydrogens is 398 g/mol. The van der Waals surface area contributed by atoms with Gasteiger partial charge in [0.25, 0.3) is 10.0 Å². The fourth-order valence-corrected chi connectivity index (χ4v) is 4.02. The lowest BCUT2D eigenvalue weighted by molar-refractivity contribution is 0.403. The van der Waals surface area contributed by atoms with E-state index < -0.39 is 10.0 Å². The first-order valence-corrected chi connectivity index (χ1v) is 9.90. The lowest BCUT2D eigenvalue weighted by Gasteiger charge is -2.11. The van der Waals surface area contributed by atoms with E-state index in [1.54, 1.807) is 42.6 Å². The van der Waals surface area contributed by atoms with Gasteiger partial charge in [-0.2, -0.15) is 5.10 Å². The molecule has 0 aliphatic heterocycles. The Balaban J connectivity index is 1.73. The van der Waals surface area contributed by atoms with E-state index in [0.717, 1.165) is 0 Å². The van der Waals surface area contributed by atoms with Gasteiger partial charge < -0.3 is 19.3 Å². The molecule has 2 heterocycles. The molecule has 0 aliphatic carbocycles. The van der Waals surface area contributed by atoms with Crippen LogP contribution in [0.15, 0.2) is 58.1 Å². The molecule has 2 aromatic carbocycles. The van der Waals surface area contributed by atoms with Gasteiger partial charge in [0, 0.05) is 23.9 Å². The van der Waals surface area contributed by atoms with Gasteiger partial charge in [-0.15, -0.1) is 0 Å². The van der Waals surface area contributed by atoms with Gasteiger partial charge in [0.1, 0.15) is 27.6 Å². The second-order valence-electron chi connectivity index (χ2n) is 5.93. The molecule has 0 spiro atoms. The Bertz CT molecular complexity index is 1250. The average Bonchev–Trinajstić information content (AvgIpc) is 3.37. The number of para-hydroxylation sites is 1. The zero-order chi connectivity index (χ0) is 20.4. The monoisotopic (exact) mass is 415 g/mol. The maximum Gasteiger partial charge on any atom is 0.266 e. The van der Waals surface area contributed by atoms with Crippen molar-refractivity contribution in [3.8, 4) is 11.5 Å². The van der Waals surface area contributed by atoms with Crippen LogP contribution in [-0.4, -0.2) is 38.0 Å². The number of nitrogens with one attached hydrogen (secondary N) is 3. The number of anilines is 3. The molecule has 10 nitrogen and oxygen atoms in total. The molecule has 29 heavy (non-hydrogen) atoms. The molecule has 4 rings (SSSR count). The van der Waals surface area contributed by atoms with E-state index in [-0.39, 0.29) is 16.5 Å². The smallest absolute Gasteiger partial charge is 0.266 e. The Morgan fingerprint density at radius 2 is 1.86 bits per heavy atom. The molecule has 0 aliphatic rings. The number of methoxy groups -OCH3 is 2. The minimum atomic E-state index is -3.98. The van der Waals surface area contributed by atoms with E-state index in [9.17, 15) is 8.42 Å². The van der Waals surface area contributed by atoms with Gasteiger partial charge in [-0.25, -0.2) is 8.42 Å². The molecule has 0 amide bonds.